The monoisotopic (exact) mass is 392 g/mol. The van der Waals surface area contributed by atoms with Gasteiger partial charge in [0.25, 0.3) is 0 Å². The Kier molecular flexibility index (Phi) is 28.9. The van der Waals surface area contributed by atoms with Gasteiger partial charge in [0.1, 0.15) is 0 Å². The summed E-state index contributed by atoms with van der Waals surface area (Å²) in [4.78, 5) is 10.3. The van der Waals surface area contributed by atoms with Gasteiger partial charge in [0.2, 0.25) is 0 Å². The van der Waals surface area contributed by atoms with Crippen molar-refractivity contribution in [1.82, 2.24) is 0 Å². The van der Waals surface area contributed by atoms with E-state index in [9.17, 15) is 4.79 Å². The van der Waals surface area contributed by atoms with Gasteiger partial charge in [-0.1, -0.05) is 90.9 Å². The average molecular weight is 392 g/mol. The zero-order valence-corrected chi connectivity index (χ0v) is 18.9. The van der Waals surface area contributed by atoms with Crippen LogP contribution in [0, 0.1) is 5.92 Å². The van der Waals surface area contributed by atoms with Crippen molar-refractivity contribution in [3.63, 3.8) is 0 Å². The summed E-state index contributed by atoms with van der Waals surface area (Å²) in [5.74, 6) is 0.212. The molecule has 0 rings (SSSR count). The minimum Gasteiger partial charge on any atom is -0.481 e. The molecule has 3 nitrogen and oxygen atoms in total. The van der Waals surface area contributed by atoms with Gasteiger partial charge in [-0.3, -0.25) is 4.79 Å². The van der Waals surface area contributed by atoms with Crippen LogP contribution >= 0.6 is 0 Å². The van der Waals surface area contributed by atoms with Crippen LogP contribution in [0.1, 0.15) is 118 Å². The van der Waals surface area contributed by atoms with Gasteiger partial charge in [0, 0.05) is 12.5 Å². The number of hydrogen-bond donors (Lipinski definition) is 2. The third-order valence-electron chi connectivity index (χ3n) is 3.92. The zero-order chi connectivity index (χ0) is 18.6. The van der Waals surface area contributed by atoms with E-state index in [1.807, 2.05) is 0 Å². The minimum atomic E-state index is -0.654. The molecular weight excluding hydrogens is 348 g/mol. The molecule has 0 spiro atoms. The zero-order valence-electron chi connectivity index (χ0n) is 17.4. The Labute approximate surface area is 172 Å². The molecule has 0 aromatic carbocycles. The van der Waals surface area contributed by atoms with Gasteiger partial charge in [-0.2, -0.15) is 0 Å². The van der Waals surface area contributed by atoms with E-state index < -0.39 is 5.97 Å². The van der Waals surface area contributed by atoms with Crippen LogP contribution in [0.15, 0.2) is 0 Å². The first-order chi connectivity index (χ1) is 11.4. The quantitative estimate of drug-likeness (QED) is 0.245. The molecule has 0 amide bonds. The Morgan fingerprint density at radius 2 is 0.960 bits per heavy atom. The Morgan fingerprint density at radius 1 is 0.680 bits per heavy atom. The van der Waals surface area contributed by atoms with Gasteiger partial charge >= 0.3 is 27.7 Å². The van der Waals surface area contributed by atoms with Crippen LogP contribution in [0.25, 0.3) is 0 Å². The second kappa shape index (κ2) is 24.1. The molecule has 0 aromatic heterocycles. The fraction of sp³-hybridized carbons (Fsp3) is 0.952. The van der Waals surface area contributed by atoms with Crippen molar-refractivity contribution >= 4 is 5.97 Å². The first kappa shape index (κ1) is 29.9. The summed E-state index contributed by atoms with van der Waals surface area (Å²) in [6.45, 7) is 8.06. The molecule has 0 radical (unpaired) electrons. The third kappa shape index (κ3) is 40.3. The molecule has 0 heterocycles. The number of unbranched alkanes of at least 4 members (excludes halogenated alkanes) is 11. The molecule has 0 saturated carbocycles. The van der Waals surface area contributed by atoms with Crippen LogP contribution in [0.4, 0.5) is 0 Å². The molecule has 0 atom stereocenters. The predicted molar refractivity (Wildman–Crippen MR) is 104 cm³/mol. The molecular formula is C21H44O3Ti+4. The summed E-state index contributed by atoms with van der Waals surface area (Å²) in [6, 6.07) is 0. The molecule has 0 aromatic rings. The minimum absolute atomic E-state index is 0. The maximum atomic E-state index is 10.3. The van der Waals surface area contributed by atoms with E-state index in [1.54, 1.807) is 13.8 Å². The maximum absolute atomic E-state index is 10.3. The van der Waals surface area contributed by atoms with Gasteiger partial charge < -0.3 is 10.2 Å². The van der Waals surface area contributed by atoms with Crippen molar-refractivity contribution < 1.29 is 36.7 Å². The smallest absolute Gasteiger partial charge is 0.481 e. The fourth-order valence-corrected chi connectivity index (χ4v) is 2.60. The Balaban J connectivity index is -0.000000867. The van der Waals surface area contributed by atoms with E-state index in [2.05, 4.69) is 13.8 Å². The molecule has 0 saturated heterocycles. The van der Waals surface area contributed by atoms with Crippen LogP contribution in [0.3, 0.4) is 0 Å². The largest absolute Gasteiger partial charge is 4.00 e. The number of hydrogen-bond acceptors (Lipinski definition) is 2. The summed E-state index contributed by atoms with van der Waals surface area (Å²) in [6.07, 6.45) is 17.2. The van der Waals surface area contributed by atoms with Gasteiger partial charge in [0.15, 0.2) is 0 Å². The van der Waals surface area contributed by atoms with Crippen molar-refractivity contribution in [3.8, 4) is 0 Å². The predicted octanol–water partition coefficient (Wildman–Crippen LogP) is 6.57. The topological polar surface area (TPSA) is 57.5 Å². The van der Waals surface area contributed by atoms with Gasteiger partial charge in [0.05, 0.1) is 0 Å². The van der Waals surface area contributed by atoms with Gasteiger partial charge in [-0.15, -0.1) is 0 Å². The summed E-state index contributed by atoms with van der Waals surface area (Å²) >= 11 is 0. The van der Waals surface area contributed by atoms with E-state index in [0.717, 1.165) is 18.8 Å². The number of carboxylic acids is 1. The average Bonchev–Trinajstić information content (AvgIpc) is 2.46. The maximum Gasteiger partial charge on any atom is 4.00 e. The molecule has 0 bridgehead atoms. The first-order valence-electron chi connectivity index (χ1n) is 10.3. The molecule has 4 heteroatoms. The molecule has 0 aliphatic heterocycles. The van der Waals surface area contributed by atoms with Crippen LogP contribution in [0.5, 0.6) is 0 Å². The van der Waals surface area contributed by atoms with E-state index >= 15 is 0 Å². The number of carbonyl (C=O) groups is 1. The summed E-state index contributed by atoms with van der Waals surface area (Å²) in [5.41, 5.74) is 0. The third-order valence-corrected chi connectivity index (χ3v) is 3.92. The van der Waals surface area contributed by atoms with E-state index in [4.69, 9.17) is 10.2 Å². The van der Waals surface area contributed by atoms with Crippen molar-refractivity contribution in [2.24, 2.45) is 5.92 Å². The summed E-state index contributed by atoms with van der Waals surface area (Å²) < 4.78 is 0. The number of carboxylic acid groups (broad SMARTS) is 1. The molecule has 0 aliphatic carbocycles. The van der Waals surface area contributed by atoms with Gasteiger partial charge in [-0.05, 0) is 26.2 Å². The van der Waals surface area contributed by atoms with Crippen LogP contribution < -0.4 is 0 Å². The normalized spacial score (nSPS) is 10.4. The van der Waals surface area contributed by atoms with E-state index in [-0.39, 0.29) is 27.8 Å². The summed E-state index contributed by atoms with van der Waals surface area (Å²) in [5, 5.41) is 16.6. The molecule has 25 heavy (non-hydrogen) atoms. The molecule has 0 fully saturated rings. The van der Waals surface area contributed by atoms with E-state index in [1.165, 1.54) is 70.6 Å². The Hall–Kier alpha value is 0.144. The second-order valence-corrected chi connectivity index (χ2v) is 7.66. The summed E-state index contributed by atoms with van der Waals surface area (Å²) in [7, 11) is 0. The standard InChI is InChI=1S/C18H36O2.C3H8O.Ti/c1-17(2)15-13-11-9-7-5-3-4-6-8-10-12-14-16-18(19)20;1-3(2)4;/h17H,3-16H2,1-2H3,(H,19,20);3-4H,1-2H3;/q;;+4. The molecule has 146 valence electrons. The number of aliphatic hydroxyl groups excluding tert-OH is 1. The van der Waals surface area contributed by atoms with Crippen molar-refractivity contribution in [2.45, 2.75) is 124 Å². The van der Waals surface area contributed by atoms with Gasteiger partial charge in [-0.25, -0.2) is 0 Å². The van der Waals surface area contributed by atoms with Crippen LogP contribution in [0.2, 0.25) is 0 Å². The van der Waals surface area contributed by atoms with E-state index in [0.29, 0.717) is 6.42 Å². The molecule has 2 N–H and O–H groups in total. The van der Waals surface area contributed by atoms with Crippen LogP contribution in [-0.4, -0.2) is 22.3 Å². The number of aliphatic carboxylic acids is 1. The molecule has 0 aliphatic rings. The number of aliphatic hydroxyl groups is 1. The fourth-order valence-electron chi connectivity index (χ4n) is 2.60. The van der Waals surface area contributed by atoms with Crippen LogP contribution in [-0.2, 0) is 26.5 Å². The molecule has 0 unspecified atom stereocenters. The van der Waals surface area contributed by atoms with Crippen molar-refractivity contribution in [3.05, 3.63) is 0 Å². The first-order valence-corrected chi connectivity index (χ1v) is 10.3. The number of rotatable bonds is 15. The van der Waals surface area contributed by atoms with Crippen molar-refractivity contribution in [2.75, 3.05) is 0 Å². The Morgan fingerprint density at radius 3 is 1.24 bits per heavy atom. The SMILES string of the molecule is CC(C)CCCCCCCCCCCCCCC(=O)O.CC(C)O.[Ti+4]. The second-order valence-electron chi connectivity index (χ2n) is 7.66. The Bertz CT molecular complexity index is 253. The van der Waals surface area contributed by atoms with Crippen molar-refractivity contribution in [1.29, 1.82) is 0 Å².